The zero-order valence-electron chi connectivity index (χ0n) is 11.3. The van der Waals surface area contributed by atoms with E-state index < -0.39 is 28.3 Å². The summed E-state index contributed by atoms with van der Waals surface area (Å²) in [5.41, 5.74) is 0. The Balaban J connectivity index is 5.20. The molecule has 0 aromatic rings. The summed E-state index contributed by atoms with van der Waals surface area (Å²) < 4.78 is 2.78. The van der Waals surface area contributed by atoms with Gasteiger partial charge in [-0.25, -0.2) is 4.79 Å². The maximum absolute atomic E-state index is 11.9. The SMILES string of the molecule is CCCCN(C(=O)OC#CCI)C(O)C(Br)(CO)[N+](=O)[O-]. The summed E-state index contributed by atoms with van der Waals surface area (Å²) in [4.78, 5) is 22.7. The van der Waals surface area contributed by atoms with Crippen LogP contribution in [0.1, 0.15) is 19.8 Å². The number of hydrogen-bond donors (Lipinski definition) is 2. The van der Waals surface area contributed by atoms with Crippen molar-refractivity contribution in [2.24, 2.45) is 0 Å². The molecule has 2 atom stereocenters. The smallest absolute Gasteiger partial charge is 0.388 e. The number of aliphatic hydroxyl groups excluding tert-OH is 2. The van der Waals surface area contributed by atoms with Crippen molar-refractivity contribution < 1.29 is 24.7 Å². The van der Waals surface area contributed by atoms with Crippen molar-refractivity contribution in [1.82, 2.24) is 4.90 Å². The van der Waals surface area contributed by atoms with Crippen molar-refractivity contribution in [3.8, 4) is 12.0 Å². The molecular formula is C11H16BrIN2O6. The van der Waals surface area contributed by atoms with Crippen LogP contribution in [0.3, 0.4) is 0 Å². The van der Waals surface area contributed by atoms with Crippen molar-refractivity contribution in [2.75, 3.05) is 17.6 Å². The number of aliphatic hydroxyl groups is 2. The molecule has 0 bridgehead atoms. The average Bonchev–Trinajstić information content (AvgIpc) is 2.46. The molecule has 1 amide bonds. The number of unbranched alkanes of at least 4 members (excludes halogenated alkanes) is 1. The highest BCUT2D eigenvalue weighted by Crippen LogP contribution is 2.26. The zero-order valence-corrected chi connectivity index (χ0v) is 15.0. The third kappa shape index (κ3) is 5.93. The van der Waals surface area contributed by atoms with Crippen LogP contribution in [0.5, 0.6) is 0 Å². The van der Waals surface area contributed by atoms with Crippen molar-refractivity contribution >= 4 is 44.6 Å². The number of nitrogens with zero attached hydrogens (tertiary/aromatic N) is 2. The van der Waals surface area contributed by atoms with Crippen LogP contribution >= 0.6 is 38.5 Å². The van der Waals surface area contributed by atoms with Gasteiger partial charge >= 0.3 is 10.5 Å². The van der Waals surface area contributed by atoms with Gasteiger partial charge in [-0.1, -0.05) is 35.9 Å². The minimum absolute atomic E-state index is 0.0314. The molecule has 0 rings (SSSR count). The number of rotatable bonds is 7. The zero-order chi connectivity index (χ0) is 16.5. The first-order valence-electron chi connectivity index (χ1n) is 5.98. The molecule has 21 heavy (non-hydrogen) atoms. The van der Waals surface area contributed by atoms with Gasteiger partial charge in [0.15, 0.2) is 0 Å². The maximum atomic E-state index is 11.9. The second-order valence-electron chi connectivity index (χ2n) is 3.93. The summed E-state index contributed by atoms with van der Waals surface area (Å²) in [5.74, 6) is 2.49. The lowest BCUT2D eigenvalue weighted by atomic mass is 10.2. The summed E-state index contributed by atoms with van der Waals surface area (Å²) >= 11 is 4.63. The third-order valence-electron chi connectivity index (χ3n) is 2.48. The molecule has 8 nitrogen and oxygen atoms in total. The van der Waals surface area contributed by atoms with E-state index in [0.717, 1.165) is 4.90 Å². The summed E-state index contributed by atoms with van der Waals surface area (Å²) in [6.07, 6.45) is 0.421. The molecule has 0 aliphatic rings. The first-order chi connectivity index (χ1) is 9.84. The number of ether oxygens (including phenoxy) is 1. The van der Waals surface area contributed by atoms with E-state index in [-0.39, 0.29) is 6.54 Å². The molecule has 0 spiro atoms. The Morgan fingerprint density at radius 3 is 2.71 bits per heavy atom. The van der Waals surface area contributed by atoms with Crippen LogP contribution in [0.15, 0.2) is 0 Å². The fourth-order valence-electron chi connectivity index (χ4n) is 1.28. The lowest BCUT2D eigenvalue weighted by Crippen LogP contribution is -2.57. The number of halogens is 2. The van der Waals surface area contributed by atoms with Gasteiger partial charge in [0.1, 0.15) is 12.7 Å². The lowest BCUT2D eigenvalue weighted by Gasteiger charge is -2.31. The molecule has 0 aliphatic heterocycles. The highest BCUT2D eigenvalue weighted by atomic mass is 127. The average molecular weight is 479 g/mol. The fourth-order valence-corrected chi connectivity index (χ4v) is 1.68. The molecule has 0 fully saturated rings. The van der Waals surface area contributed by atoms with Crippen LogP contribution in [0.25, 0.3) is 0 Å². The molecular weight excluding hydrogens is 463 g/mol. The summed E-state index contributed by atoms with van der Waals surface area (Å²) in [6, 6.07) is 0. The van der Waals surface area contributed by atoms with Gasteiger partial charge in [0.05, 0.1) is 4.43 Å². The quantitative estimate of drug-likeness (QED) is 0.108. The van der Waals surface area contributed by atoms with Crippen LogP contribution in [-0.2, 0) is 4.74 Å². The van der Waals surface area contributed by atoms with Gasteiger partial charge < -0.3 is 14.9 Å². The van der Waals surface area contributed by atoms with Gasteiger partial charge in [0, 0.05) is 27.4 Å². The minimum Gasteiger partial charge on any atom is -0.388 e. The topological polar surface area (TPSA) is 113 Å². The molecule has 2 unspecified atom stereocenters. The molecule has 0 aliphatic carbocycles. The predicted molar refractivity (Wildman–Crippen MR) is 86.5 cm³/mol. The van der Waals surface area contributed by atoms with E-state index in [4.69, 9.17) is 5.11 Å². The van der Waals surface area contributed by atoms with E-state index in [1.54, 1.807) is 0 Å². The third-order valence-corrected chi connectivity index (χ3v) is 3.81. The summed E-state index contributed by atoms with van der Waals surface area (Å²) in [7, 11) is 0. The first kappa shape index (κ1) is 20.4. The van der Waals surface area contributed by atoms with E-state index in [1.165, 1.54) is 0 Å². The van der Waals surface area contributed by atoms with E-state index in [9.17, 15) is 20.0 Å². The second kappa shape index (κ2) is 10.1. The number of amides is 1. The Kier molecular flexibility index (Phi) is 9.84. The van der Waals surface area contributed by atoms with Gasteiger partial charge in [-0.3, -0.25) is 15.0 Å². The Hall–Kier alpha value is -0.640. The van der Waals surface area contributed by atoms with Gasteiger partial charge in [-0.05, 0) is 12.3 Å². The summed E-state index contributed by atoms with van der Waals surface area (Å²) in [5, 5.41) is 30.2. The molecule has 0 saturated carbocycles. The van der Waals surface area contributed by atoms with E-state index in [0.29, 0.717) is 17.3 Å². The van der Waals surface area contributed by atoms with Crippen LogP contribution in [0.2, 0.25) is 0 Å². The van der Waals surface area contributed by atoms with Crippen LogP contribution in [0.4, 0.5) is 4.79 Å². The first-order valence-corrected chi connectivity index (χ1v) is 8.30. The fraction of sp³-hybridized carbons (Fsp3) is 0.727. The predicted octanol–water partition coefficient (Wildman–Crippen LogP) is 1.30. The molecule has 120 valence electrons. The normalized spacial score (nSPS) is 14.3. The molecule has 0 aromatic carbocycles. The van der Waals surface area contributed by atoms with Crippen molar-refractivity contribution in [3.63, 3.8) is 0 Å². The number of alkyl halides is 2. The highest BCUT2D eigenvalue weighted by Gasteiger charge is 2.52. The van der Waals surface area contributed by atoms with Crippen LogP contribution in [0, 0.1) is 22.1 Å². The molecule has 2 N–H and O–H groups in total. The van der Waals surface area contributed by atoms with E-state index in [2.05, 4.69) is 32.7 Å². The largest absolute Gasteiger partial charge is 0.426 e. The van der Waals surface area contributed by atoms with Gasteiger partial charge in [0.2, 0.25) is 6.23 Å². The number of carbonyl (C=O) groups is 1. The molecule has 10 heteroatoms. The van der Waals surface area contributed by atoms with Crippen molar-refractivity contribution in [1.29, 1.82) is 0 Å². The standard InChI is InChI=1S/C11H16BrIN2O6/c1-2-3-6-14(10(18)21-7-4-5-13)9(17)11(12,8-16)15(19)20/h9,16-17H,2-3,5-6,8H2,1H3. The Labute approximate surface area is 144 Å². The number of nitro groups is 1. The monoisotopic (exact) mass is 478 g/mol. The number of hydrogen-bond acceptors (Lipinski definition) is 6. The van der Waals surface area contributed by atoms with Gasteiger partial charge in [-0.2, -0.15) is 0 Å². The molecule has 0 radical (unpaired) electrons. The Morgan fingerprint density at radius 2 is 2.29 bits per heavy atom. The van der Waals surface area contributed by atoms with Crippen LogP contribution in [-0.4, -0.2) is 54.4 Å². The highest BCUT2D eigenvalue weighted by molar-refractivity contribution is 14.1. The second-order valence-corrected chi connectivity index (χ2v) is 6.07. The van der Waals surface area contributed by atoms with Gasteiger partial charge in [0.25, 0.3) is 0 Å². The molecule has 0 heterocycles. The van der Waals surface area contributed by atoms with Crippen molar-refractivity contribution in [3.05, 3.63) is 10.1 Å². The van der Waals surface area contributed by atoms with E-state index >= 15 is 0 Å². The molecule has 0 saturated heterocycles. The Morgan fingerprint density at radius 1 is 1.67 bits per heavy atom. The van der Waals surface area contributed by atoms with Crippen LogP contribution < -0.4 is 0 Å². The Bertz CT molecular complexity index is 427. The lowest BCUT2D eigenvalue weighted by molar-refractivity contribution is -0.556. The number of carbonyl (C=O) groups excluding carboxylic acids is 1. The minimum atomic E-state index is -2.28. The van der Waals surface area contributed by atoms with Crippen molar-refractivity contribution in [2.45, 2.75) is 30.4 Å². The summed E-state index contributed by atoms with van der Waals surface area (Å²) in [6.45, 7) is 0.882. The maximum Gasteiger partial charge on any atom is 0.426 e. The molecule has 0 aromatic heterocycles. The van der Waals surface area contributed by atoms with Gasteiger partial charge in [-0.15, -0.1) is 0 Å². The van der Waals surface area contributed by atoms with E-state index in [1.807, 2.05) is 29.5 Å².